The molecule has 0 N–H and O–H groups in total. The normalized spacial score (nSPS) is 22.6. The van der Waals surface area contributed by atoms with Gasteiger partial charge in [-0.05, 0) is 163 Å². The molecular weight excluding hydrogens is 925 g/mol. The molecular formula is C71H68N4O. The molecule has 12 rings (SSSR count). The first-order chi connectivity index (χ1) is 49.5. The van der Waals surface area contributed by atoms with Crippen molar-refractivity contribution in [1.82, 2.24) is 14.1 Å². The van der Waals surface area contributed by atoms with Gasteiger partial charge in [0.2, 0.25) is 0 Å². The van der Waals surface area contributed by atoms with Gasteiger partial charge in [-0.15, -0.1) is 0 Å². The lowest BCUT2D eigenvalue weighted by Gasteiger charge is -2.42. The molecule has 8 aromatic carbocycles. The summed E-state index contributed by atoms with van der Waals surface area (Å²) < 4.78 is 307. The van der Waals surface area contributed by atoms with E-state index in [2.05, 4.69) is 27.1 Å². The van der Waals surface area contributed by atoms with Crippen molar-refractivity contribution >= 4 is 32.8 Å². The van der Waals surface area contributed by atoms with Crippen LogP contribution in [0.25, 0.3) is 83.4 Å². The van der Waals surface area contributed by atoms with Gasteiger partial charge >= 0.3 is 0 Å². The van der Waals surface area contributed by atoms with Crippen molar-refractivity contribution in [2.75, 3.05) is 0 Å². The van der Waals surface area contributed by atoms with Crippen LogP contribution in [-0.2, 0) is 21.7 Å². The highest BCUT2D eigenvalue weighted by Gasteiger charge is 2.37. The summed E-state index contributed by atoms with van der Waals surface area (Å²) in [7, 11) is 0. The zero-order chi connectivity index (χ0) is 80.3. The number of fused-ring (bicyclic) bond motifs is 5. The fourth-order valence-electron chi connectivity index (χ4n) is 9.68. The van der Waals surface area contributed by atoms with E-state index in [0.717, 1.165) is 38.6 Å². The molecule has 0 saturated carbocycles. The average Bonchev–Trinajstić information content (AvgIpc) is 0.722. The lowest BCUT2D eigenvalue weighted by atomic mass is 9.63. The highest BCUT2D eigenvalue weighted by molar-refractivity contribution is 6.09. The number of nitrogens with zero attached hydrogens (tertiary/aromatic N) is 4. The molecule has 0 fully saturated rings. The van der Waals surface area contributed by atoms with E-state index in [9.17, 15) is 15.1 Å². The Morgan fingerprint density at radius 2 is 1.28 bits per heavy atom. The predicted octanol–water partition coefficient (Wildman–Crippen LogP) is 18.2. The van der Waals surface area contributed by atoms with E-state index >= 15 is 0 Å². The number of aryl methyl sites for hydroxylation is 1. The molecule has 0 radical (unpaired) electrons. The summed E-state index contributed by atoms with van der Waals surface area (Å²) in [6.45, 7) is -10.2. The third kappa shape index (κ3) is 8.60. The molecule has 11 aromatic rings. The van der Waals surface area contributed by atoms with Gasteiger partial charge in [-0.1, -0.05) is 184 Å². The molecule has 5 nitrogen and oxygen atoms in total. The average molecular weight is 1030 g/mol. The minimum atomic E-state index is -4.78. The van der Waals surface area contributed by atoms with Crippen LogP contribution in [-0.4, -0.2) is 14.1 Å². The van der Waals surface area contributed by atoms with Crippen LogP contribution in [0.3, 0.4) is 0 Å². The monoisotopic (exact) mass is 1020 g/mol. The van der Waals surface area contributed by atoms with Crippen molar-refractivity contribution in [2.24, 2.45) is 0 Å². The molecule has 1 aliphatic rings. The molecule has 0 aliphatic heterocycles. The van der Waals surface area contributed by atoms with Crippen LogP contribution >= 0.6 is 0 Å². The van der Waals surface area contributed by atoms with Crippen LogP contribution in [0.15, 0.2) is 188 Å². The number of para-hydroxylation sites is 1. The van der Waals surface area contributed by atoms with Gasteiger partial charge in [0.25, 0.3) is 6.33 Å². The van der Waals surface area contributed by atoms with E-state index in [4.69, 9.17) is 38.5 Å². The quantitative estimate of drug-likeness (QED) is 0.112. The number of hydrogen-bond donors (Lipinski definition) is 0. The highest BCUT2D eigenvalue weighted by Crippen LogP contribution is 2.48. The molecule has 0 amide bonds. The van der Waals surface area contributed by atoms with Gasteiger partial charge < -0.3 is 4.74 Å². The number of rotatable bonds is 8. The first-order valence-electron chi connectivity index (χ1n) is 40.3. The first kappa shape index (κ1) is 24.8. The zero-order valence-corrected chi connectivity index (χ0v) is 42.1. The molecule has 76 heavy (non-hydrogen) atoms. The van der Waals surface area contributed by atoms with Crippen molar-refractivity contribution in [3.8, 4) is 62.1 Å². The number of hydrogen-bond acceptors (Lipinski definition) is 2. The maximum Gasteiger partial charge on any atom is 0.269 e. The number of ether oxygens (including phenoxy) is 1. The molecule has 1 aliphatic carbocycles. The molecule has 0 unspecified atom stereocenters. The number of pyridine rings is 1. The SMILES string of the molecule is [2H]c1c([2H])c([2H])c(-c2cc3c(cc2C([2H])([2H])[2H])n(-c2cccc(Oc4ccc5c6ccccc6n(-c6cc(C(C)(C)C)ccn6)c5c4)c2)[c-][n+]3-c2c(-c3c([2H])c([2H])c([2H])c([2H])c3[2H])cc(C(C)(C)C)cc2-c2c([2H])c([2H])c3c(c2[2H])C(C([2H])([2H])[2H])(C([2H])([2H])[2H])C([2H])([2H])C([2H])([2H])C3(C([2H])([2H])[2H])C([2H])([2H])[2H])c([2H])c1[2H]. The Kier molecular flexibility index (Phi) is 5.89. The summed E-state index contributed by atoms with van der Waals surface area (Å²) in [5, 5.41) is 1.73. The Morgan fingerprint density at radius 1 is 0.605 bits per heavy atom. The third-order valence-corrected chi connectivity index (χ3v) is 13.6. The van der Waals surface area contributed by atoms with Gasteiger partial charge in [0, 0.05) is 49.1 Å². The van der Waals surface area contributed by atoms with E-state index in [1.807, 2.05) is 47.0 Å². The standard InChI is InChI=1S/C71H68N4O/c1-46-37-64-65(44-57(46)47-21-14-12-15-22-47)74(67-58(48-23-16-13-17-24-48)39-51(69(5,6)7)40-59(67)49-29-32-60-61(38-49)71(10,11)35-34-70(60,8)9)45-73(64)52-25-20-26-53(42-52)76-54-30-31-56-55-27-18-19-28-62(55)75(63(56)43-54)66-41-50(33-36-72-66)68(2,3)4/h12-33,36-44H,34-35H2,1-11H3/i1D3,8D3,9D3,10D3,11D3,12D,13D,14D,15D,16D,17D,21D,22D,23D,24D,29D,32D,34D2,35D2,38D. The molecule has 0 spiro atoms. The highest BCUT2D eigenvalue weighted by atomic mass is 16.5. The van der Waals surface area contributed by atoms with Crippen molar-refractivity contribution in [2.45, 2.75) is 110 Å². The van der Waals surface area contributed by atoms with Gasteiger partial charge in [-0.3, -0.25) is 13.7 Å². The summed E-state index contributed by atoms with van der Waals surface area (Å²) >= 11 is 0. The molecule has 3 heterocycles. The Labute approximate surface area is 494 Å². The number of benzene rings is 8. The van der Waals surface area contributed by atoms with Crippen molar-refractivity contribution < 1.29 is 53.2 Å². The van der Waals surface area contributed by atoms with E-state index in [0.29, 0.717) is 11.3 Å². The Balaban J connectivity index is 1.28. The number of imidazole rings is 1. The summed E-state index contributed by atoms with van der Waals surface area (Å²) in [6.07, 6.45) is -4.62. The summed E-state index contributed by atoms with van der Waals surface area (Å²) in [4.78, 5) is 4.79. The van der Waals surface area contributed by atoms with Crippen LogP contribution < -0.4 is 9.30 Å². The second-order valence-corrected chi connectivity index (χ2v) is 20.9. The Hall–Kier alpha value is -8.02. The molecule has 0 bridgehead atoms. The van der Waals surface area contributed by atoms with E-state index < -0.39 is 198 Å². The molecule has 378 valence electrons. The molecule has 0 saturated heterocycles. The topological polar surface area (TPSA) is 35.9 Å². The van der Waals surface area contributed by atoms with E-state index in [-0.39, 0.29) is 39.2 Å². The Morgan fingerprint density at radius 3 is 1.99 bits per heavy atom. The fraction of sp³-hybridized carbons (Fsp3) is 0.239. The van der Waals surface area contributed by atoms with Crippen molar-refractivity contribution in [1.29, 1.82) is 0 Å². The second-order valence-electron chi connectivity index (χ2n) is 20.9. The zero-order valence-electron chi connectivity index (χ0n) is 74.1. The van der Waals surface area contributed by atoms with E-state index in [1.165, 1.54) is 34.9 Å². The minimum absolute atomic E-state index is 0.0157. The maximum atomic E-state index is 10.6. The molecule has 5 heteroatoms. The Bertz CT molecular complexity index is 5540. The summed E-state index contributed by atoms with van der Waals surface area (Å²) in [5.41, 5.74) is -18.1. The smallest absolute Gasteiger partial charge is 0.269 e. The lowest BCUT2D eigenvalue weighted by molar-refractivity contribution is -0.571. The third-order valence-electron chi connectivity index (χ3n) is 13.6. The molecule has 3 aromatic heterocycles. The van der Waals surface area contributed by atoms with Gasteiger partial charge in [0.05, 0.1) is 51.3 Å². The van der Waals surface area contributed by atoms with Crippen molar-refractivity contribution in [3.05, 3.63) is 222 Å². The molecule has 0 atom stereocenters. The van der Waals surface area contributed by atoms with Crippen molar-refractivity contribution in [3.63, 3.8) is 0 Å². The lowest BCUT2D eigenvalue weighted by Crippen LogP contribution is -2.34. The predicted molar refractivity (Wildman–Crippen MR) is 316 cm³/mol. The second kappa shape index (κ2) is 18.1. The van der Waals surface area contributed by atoms with Gasteiger partial charge in [0.1, 0.15) is 17.3 Å². The number of aromatic nitrogens is 4. The van der Waals surface area contributed by atoms with Gasteiger partial charge in [-0.2, -0.15) is 0 Å². The van der Waals surface area contributed by atoms with E-state index in [1.54, 1.807) is 45.2 Å². The fourth-order valence-corrected chi connectivity index (χ4v) is 9.68. The summed E-state index contributed by atoms with van der Waals surface area (Å²) in [5.74, 6) is 0.985. The minimum Gasteiger partial charge on any atom is -0.458 e. The summed E-state index contributed by atoms with van der Waals surface area (Å²) in [6, 6.07) is 13.6. The van der Waals surface area contributed by atoms with Crippen LogP contribution in [0.2, 0.25) is 0 Å². The van der Waals surface area contributed by atoms with Gasteiger partial charge in [0.15, 0.2) is 0 Å². The largest absolute Gasteiger partial charge is 0.458 e. The van der Waals surface area contributed by atoms with Crippen LogP contribution in [0.1, 0.15) is 153 Å². The first-order valence-corrected chi connectivity index (χ1v) is 24.3. The van der Waals surface area contributed by atoms with Crippen LogP contribution in [0.5, 0.6) is 11.5 Å². The van der Waals surface area contributed by atoms with Crippen LogP contribution in [0.4, 0.5) is 0 Å². The van der Waals surface area contributed by atoms with Gasteiger partial charge in [-0.25, -0.2) is 4.98 Å². The maximum absolute atomic E-state index is 10.6. The van der Waals surface area contributed by atoms with Crippen LogP contribution in [0, 0.1) is 13.2 Å².